The Kier molecular flexibility index (Phi) is 6.92. The van der Waals surface area contributed by atoms with Crippen molar-refractivity contribution in [3.05, 3.63) is 42.1 Å². The molecule has 1 heterocycles. The third-order valence-corrected chi connectivity index (χ3v) is 6.07. The standard InChI is InChI=1S/C23H32N2O3/c1-5-15(2)20-11-19(12-21(20)26)24-13-16-6-8-17(9-7-16)18-10-22(27-3)23(28-4)25-14-18/h6-10,14-15,19-21,24,26H,5,11-13H2,1-4H3. The van der Waals surface area contributed by atoms with Gasteiger partial charge in [0.2, 0.25) is 0 Å². The largest absolute Gasteiger partial charge is 0.491 e. The Hall–Kier alpha value is -2.11. The van der Waals surface area contributed by atoms with E-state index in [1.807, 2.05) is 6.07 Å². The van der Waals surface area contributed by atoms with Crippen LogP contribution >= 0.6 is 0 Å². The van der Waals surface area contributed by atoms with Gasteiger partial charge in [0.15, 0.2) is 5.75 Å². The topological polar surface area (TPSA) is 63.6 Å². The second-order valence-corrected chi connectivity index (χ2v) is 7.80. The molecule has 2 aromatic rings. The van der Waals surface area contributed by atoms with Gasteiger partial charge in [-0.1, -0.05) is 44.5 Å². The Morgan fingerprint density at radius 1 is 1.14 bits per heavy atom. The molecule has 28 heavy (non-hydrogen) atoms. The van der Waals surface area contributed by atoms with Gasteiger partial charge in [-0.05, 0) is 41.9 Å². The predicted octanol–water partition coefficient (Wildman–Crippen LogP) is 4.04. The van der Waals surface area contributed by atoms with Gasteiger partial charge in [-0.3, -0.25) is 0 Å². The SMILES string of the molecule is CCC(C)C1CC(NCc2ccc(-c3cnc(OC)c(OC)c3)cc2)CC1O. The molecule has 1 fully saturated rings. The lowest BCUT2D eigenvalue weighted by Gasteiger charge is -2.20. The highest BCUT2D eigenvalue weighted by Gasteiger charge is 2.35. The molecule has 1 aliphatic rings. The normalized spacial score (nSPS) is 22.8. The van der Waals surface area contributed by atoms with Gasteiger partial charge in [-0.2, -0.15) is 0 Å². The van der Waals surface area contributed by atoms with Crippen LogP contribution < -0.4 is 14.8 Å². The average Bonchev–Trinajstić information content (AvgIpc) is 3.12. The number of hydrogen-bond donors (Lipinski definition) is 2. The highest BCUT2D eigenvalue weighted by Crippen LogP contribution is 2.34. The van der Waals surface area contributed by atoms with Gasteiger partial charge in [0.25, 0.3) is 5.88 Å². The maximum atomic E-state index is 10.3. The van der Waals surface area contributed by atoms with Crippen molar-refractivity contribution in [1.29, 1.82) is 0 Å². The number of hydrogen-bond acceptors (Lipinski definition) is 5. The minimum absolute atomic E-state index is 0.174. The minimum atomic E-state index is -0.174. The number of nitrogens with one attached hydrogen (secondary N) is 1. The van der Waals surface area contributed by atoms with Crippen LogP contribution in [0.5, 0.6) is 11.6 Å². The molecule has 4 unspecified atom stereocenters. The van der Waals surface area contributed by atoms with Crippen LogP contribution in [0.25, 0.3) is 11.1 Å². The van der Waals surface area contributed by atoms with Crippen LogP contribution in [0.2, 0.25) is 0 Å². The van der Waals surface area contributed by atoms with Gasteiger partial charge < -0.3 is 19.9 Å². The van der Waals surface area contributed by atoms with Crippen molar-refractivity contribution in [2.75, 3.05) is 14.2 Å². The third kappa shape index (κ3) is 4.65. The fourth-order valence-corrected chi connectivity index (χ4v) is 4.10. The molecule has 0 amide bonds. The lowest BCUT2D eigenvalue weighted by atomic mass is 9.89. The van der Waals surface area contributed by atoms with E-state index in [1.54, 1.807) is 20.4 Å². The third-order valence-electron chi connectivity index (χ3n) is 6.07. The van der Waals surface area contributed by atoms with Crippen LogP contribution in [0.1, 0.15) is 38.7 Å². The number of aromatic nitrogens is 1. The first-order chi connectivity index (χ1) is 13.5. The first-order valence-electron chi connectivity index (χ1n) is 10.1. The molecule has 2 N–H and O–H groups in total. The van der Waals surface area contributed by atoms with Gasteiger partial charge in [0.05, 0.1) is 20.3 Å². The molecule has 1 aromatic carbocycles. The fourth-order valence-electron chi connectivity index (χ4n) is 4.10. The zero-order valence-electron chi connectivity index (χ0n) is 17.3. The van der Waals surface area contributed by atoms with Crippen molar-refractivity contribution >= 4 is 0 Å². The maximum Gasteiger partial charge on any atom is 0.256 e. The molecule has 1 aliphatic carbocycles. The van der Waals surface area contributed by atoms with Crippen molar-refractivity contribution in [2.45, 2.75) is 51.8 Å². The number of ether oxygens (including phenoxy) is 2. The Balaban J connectivity index is 1.60. The smallest absolute Gasteiger partial charge is 0.256 e. The molecule has 1 saturated carbocycles. The summed E-state index contributed by atoms with van der Waals surface area (Å²) >= 11 is 0. The first-order valence-corrected chi connectivity index (χ1v) is 10.1. The molecule has 3 rings (SSSR count). The molecule has 0 spiro atoms. The van der Waals surface area contributed by atoms with Gasteiger partial charge >= 0.3 is 0 Å². The predicted molar refractivity (Wildman–Crippen MR) is 112 cm³/mol. The van der Waals surface area contributed by atoms with Crippen molar-refractivity contribution in [2.24, 2.45) is 11.8 Å². The maximum absolute atomic E-state index is 10.3. The molecule has 0 aliphatic heterocycles. The van der Waals surface area contributed by atoms with E-state index < -0.39 is 0 Å². The van der Waals surface area contributed by atoms with E-state index in [-0.39, 0.29) is 6.10 Å². The second-order valence-electron chi connectivity index (χ2n) is 7.80. The molecule has 152 valence electrons. The lowest BCUT2D eigenvalue weighted by Crippen LogP contribution is -2.26. The molecular formula is C23H32N2O3. The summed E-state index contributed by atoms with van der Waals surface area (Å²) in [5.41, 5.74) is 3.32. The van der Waals surface area contributed by atoms with Crippen LogP contribution in [-0.2, 0) is 6.54 Å². The lowest BCUT2D eigenvalue weighted by molar-refractivity contribution is 0.101. The molecule has 1 aromatic heterocycles. The van der Waals surface area contributed by atoms with Crippen molar-refractivity contribution in [3.8, 4) is 22.8 Å². The average molecular weight is 385 g/mol. The molecule has 5 heteroatoms. The minimum Gasteiger partial charge on any atom is -0.491 e. The summed E-state index contributed by atoms with van der Waals surface area (Å²) in [5, 5.41) is 14.0. The summed E-state index contributed by atoms with van der Waals surface area (Å²) < 4.78 is 10.5. The molecule has 5 nitrogen and oxygen atoms in total. The Morgan fingerprint density at radius 2 is 1.89 bits per heavy atom. The molecule has 0 saturated heterocycles. The zero-order chi connectivity index (χ0) is 20.1. The summed E-state index contributed by atoms with van der Waals surface area (Å²) in [6, 6.07) is 10.8. The number of aliphatic hydroxyl groups is 1. The summed E-state index contributed by atoms with van der Waals surface area (Å²) in [7, 11) is 3.20. The van der Waals surface area contributed by atoms with Crippen LogP contribution in [-0.4, -0.2) is 36.5 Å². The van der Waals surface area contributed by atoms with Crippen molar-refractivity contribution in [1.82, 2.24) is 10.3 Å². The molecule has 0 bridgehead atoms. The van der Waals surface area contributed by atoms with Crippen LogP contribution in [0.4, 0.5) is 0 Å². The summed E-state index contributed by atoms with van der Waals surface area (Å²) in [4.78, 5) is 4.31. The highest BCUT2D eigenvalue weighted by molar-refractivity contribution is 5.65. The van der Waals surface area contributed by atoms with Crippen LogP contribution in [0.15, 0.2) is 36.5 Å². The van der Waals surface area contributed by atoms with Crippen LogP contribution in [0.3, 0.4) is 0 Å². The quantitative estimate of drug-likeness (QED) is 0.719. The van der Waals surface area contributed by atoms with Crippen molar-refractivity contribution in [3.63, 3.8) is 0 Å². The van der Waals surface area contributed by atoms with E-state index in [4.69, 9.17) is 9.47 Å². The van der Waals surface area contributed by atoms with Gasteiger partial charge in [-0.25, -0.2) is 4.98 Å². The van der Waals surface area contributed by atoms with Gasteiger partial charge in [-0.15, -0.1) is 0 Å². The van der Waals surface area contributed by atoms with Crippen molar-refractivity contribution < 1.29 is 14.6 Å². The Bertz CT molecular complexity index is 763. The second kappa shape index (κ2) is 9.39. The van der Waals surface area contributed by atoms with Crippen LogP contribution in [0, 0.1) is 11.8 Å². The van der Waals surface area contributed by atoms with Gasteiger partial charge in [0, 0.05) is 24.3 Å². The zero-order valence-corrected chi connectivity index (χ0v) is 17.3. The van der Waals surface area contributed by atoms with E-state index in [1.165, 1.54) is 5.56 Å². The summed E-state index contributed by atoms with van der Waals surface area (Å²) in [6.45, 7) is 5.26. The first kappa shape index (κ1) is 20.6. The van der Waals surface area contributed by atoms with E-state index >= 15 is 0 Å². The molecular weight excluding hydrogens is 352 g/mol. The monoisotopic (exact) mass is 384 g/mol. The van der Waals surface area contributed by atoms with Gasteiger partial charge in [0.1, 0.15) is 0 Å². The van der Waals surface area contributed by atoms with E-state index in [9.17, 15) is 5.11 Å². The summed E-state index contributed by atoms with van der Waals surface area (Å²) in [6.07, 6.45) is 4.66. The number of aliphatic hydroxyl groups excluding tert-OH is 1. The van der Waals surface area contributed by atoms with E-state index in [0.29, 0.717) is 29.5 Å². The number of methoxy groups -OCH3 is 2. The molecule has 4 atom stereocenters. The number of benzene rings is 1. The molecule has 0 radical (unpaired) electrons. The number of pyridine rings is 1. The Labute approximate surface area is 168 Å². The number of nitrogens with zero attached hydrogens (tertiary/aromatic N) is 1. The Morgan fingerprint density at radius 3 is 2.54 bits per heavy atom. The van der Waals surface area contributed by atoms with E-state index in [2.05, 4.69) is 48.4 Å². The highest BCUT2D eigenvalue weighted by atomic mass is 16.5. The number of rotatable bonds is 8. The van der Waals surface area contributed by atoms with E-state index in [0.717, 1.165) is 36.9 Å². The fraction of sp³-hybridized carbons (Fsp3) is 0.522. The summed E-state index contributed by atoms with van der Waals surface area (Å²) in [5.74, 6) is 2.11.